The normalized spacial score (nSPS) is 16.1. The van der Waals surface area contributed by atoms with E-state index in [0.29, 0.717) is 11.5 Å². The van der Waals surface area contributed by atoms with Crippen LogP contribution in [0.3, 0.4) is 0 Å². The third-order valence-electron chi connectivity index (χ3n) is 3.81. The second-order valence-electron chi connectivity index (χ2n) is 5.40. The topological polar surface area (TPSA) is 73.9 Å². The predicted octanol–water partition coefficient (Wildman–Crippen LogP) is 2.14. The van der Waals surface area contributed by atoms with Crippen LogP contribution in [-0.2, 0) is 0 Å². The van der Waals surface area contributed by atoms with Crippen molar-refractivity contribution in [2.75, 3.05) is 25.0 Å². The fourth-order valence-electron chi connectivity index (χ4n) is 2.56. The molecule has 2 aromatic rings. The minimum Gasteiger partial charge on any atom is -0.361 e. The van der Waals surface area contributed by atoms with E-state index in [1.165, 1.54) is 0 Å². The van der Waals surface area contributed by atoms with E-state index in [1.807, 2.05) is 11.8 Å². The molecule has 0 radical (unpaired) electrons. The van der Waals surface area contributed by atoms with Gasteiger partial charge < -0.3 is 10.2 Å². The number of H-pyrrole nitrogens is 1. The standard InChI is InChI=1S/C14H19N5OS/c1-10-9-21-14(18-10)15-6-11-2-4-19(5-3-11)13(20)12-7-16-17-8-12/h7-9,11H,2-6H2,1H3,(H,15,18)(H,16,17). The van der Waals surface area contributed by atoms with Gasteiger partial charge in [0, 0.05) is 31.2 Å². The molecule has 0 spiro atoms. The monoisotopic (exact) mass is 305 g/mol. The summed E-state index contributed by atoms with van der Waals surface area (Å²) in [5.41, 5.74) is 1.70. The number of thiazole rings is 1. The maximum atomic E-state index is 12.2. The maximum Gasteiger partial charge on any atom is 0.257 e. The van der Waals surface area contributed by atoms with Crippen LogP contribution in [-0.4, -0.2) is 45.6 Å². The van der Waals surface area contributed by atoms with E-state index in [9.17, 15) is 4.79 Å². The first-order valence-corrected chi connectivity index (χ1v) is 8.04. The van der Waals surface area contributed by atoms with Gasteiger partial charge in [0.15, 0.2) is 5.13 Å². The van der Waals surface area contributed by atoms with Crippen molar-refractivity contribution in [3.63, 3.8) is 0 Å². The van der Waals surface area contributed by atoms with Gasteiger partial charge >= 0.3 is 0 Å². The van der Waals surface area contributed by atoms with Gasteiger partial charge in [-0.1, -0.05) is 0 Å². The fourth-order valence-corrected chi connectivity index (χ4v) is 3.26. The molecule has 21 heavy (non-hydrogen) atoms. The van der Waals surface area contributed by atoms with Crippen molar-refractivity contribution < 1.29 is 4.79 Å². The van der Waals surface area contributed by atoms with E-state index >= 15 is 0 Å². The first kappa shape index (κ1) is 14.1. The Kier molecular flexibility index (Phi) is 4.19. The van der Waals surface area contributed by atoms with Crippen LogP contribution < -0.4 is 5.32 Å². The van der Waals surface area contributed by atoms with Gasteiger partial charge in [0.05, 0.1) is 17.5 Å². The third kappa shape index (κ3) is 3.41. The summed E-state index contributed by atoms with van der Waals surface area (Å²) in [6.07, 6.45) is 5.30. The van der Waals surface area contributed by atoms with Crippen molar-refractivity contribution in [3.05, 3.63) is 29.0 Å². The van der Waals surface area contributed by atoms with Crippen molar-refractivity contribution in [2.24, 2.45) is 5.92 Å². The Labute approximate surface area is 127 Å². The van der Waals surface area contributed by atoms with Crippen LogP contribution in [0.1, 0.15) is 28.9 Å². The molecule has 0 unspecified atom stereocenters. The zero-order valence-electron chi connectivity index (χ0n) is 12.0. The molecule has 0 bridgehead atoms. The molecule has 1 fully saturated rings. The quantitative estimate of drug-likeness (QED) is 0.907. The van der Waals surface area contributed by atoms with E-state index in [2.05, 4.69) is 25.9 Å². The van der Waals surface area contributed by atoms with E-state index < -0.39 is 0 Å². The molecule has 0 aliphatic carbocycles. The zero-order chi connectivity index (χ0) is 14.7. The summed E-state index contributed by atoms with van der Waals surface area (Å²) in [7, 11) is 0. The van der Waals surface area contributed by atoms with Crippen molar-refractivity contribution >= 4 is 22.4 Å². The molecule has 2 N–H and O–H groups in total. The molecule has 0 atom stereocenters. The summed E-state index contributed by atoms with van der Waals surface area (Å²) in [5.74, 6) is 0.674. The molecule has 3 rings (SSSR count). The number of aromatic amines is 1. The summed E-state index contributed by atoms with van der Waals surface area (Å²) in [6.45, 7) is 4.56. The van der Waals surface area contributed by atoms with Gasteiger partial charge in [0.2, 0.25) is 0 Å². The lowest BCUT2D eigenvalue weighted by Gasteiger charge is -2.31. The average Bonchev–Trinajstić information content (AvgIpc) is 3.16. The highest BCUT2D eigenvalue weighted by molar-refractivity contribution is 7.13. The molecule has 112 valence electrons. The number of hydrogen-bond acceptors (Lipinski definition) is 5. The molecule has 2 aromatic heterocycles. The number of nitrogens with zero attached hydrogens (tertiary/aromatic N) is 3. The number of piperidine rings is 1. The molecule has 1 amide bonds. The molecular weight excluding hydrogens is 286 g/mol. The maximum absolute atomic E-state index is 12.2. The second kappa shape index (κ2) is 6.26. The number of amides is 1. The largest absolute Gasteiger partial charge is 0.361 e. The van der Waals surface area contributed by atoms with Gasteiger partial charge in [0.25, 0.3) is 5.91 Å². The highest BCUT2D eigenvalue weighted by Crippen LogP contribution is 2.21. The molecule has 3 heterocycles. The minimum atomic E-state index is 0.0747. The highest BCUT2D eigenvalue weighted by Gasteiger charge is 2.24. The van der Waals surface area contributed by atoms with Crippen molar-refractivity contribution in [1.82, 2.24) is 20.1 Å². The van der Waals surface area contributed by atoms with Crippen LogP contribution in [0.15, 0.2) is 17.8 Å². The third-order valence-corrected chi connectivity index (χ3v) is 4.73. The number of carbonyl (C=O) groups excluding carboxylic acids is 1. The molecule has 1 saturated heterocycles. The Morgan fingerprint density at radius 1 is 1.52 bits per heavy atom. The van der Waals surface area contributed by atoms with Crippen LogP contribution in [0, 0.1) is 12.8 Å². The van der Waals surface area contributed by atoms with Crippen LogP contribution in [0.5, 0.6) is 0 Å². The van der Waals surface area contributed by atoms with Crippen LogP contribution >= 0.6 is 11.3 Å². The number of aromatic nitrogens is 3. The molecular formula is C14H19N5OS. The van der Waals surface area contributed by atoms with Crippen LogP contribution in [0.25, 0.3) is 0 Å². The Hall–Kier alpha value is -1.89. The summed E-state index contributed by atoms with van der Waals surface area (Å²) in [6, 6.07) is 0. The van der Waals surface area contributed by atoms with Crippen LogP contribution in [0.4, 0.5) is 5.13 Å². The smallest absolute Gasteiger partial charge is 0.257 e. The summed E-state index contributed by atoms with van der Waals surface area (Å²) >= 11 is 1.64. The number of aryl methyl sites for hydroxylation is 1. The minimum absolute atomic E-state index is 0.0747. The molecule has 1 aliphatic heterocycles. The summed E-state index contributed by atoms with van der Waals surface area (Å²) in [5, 5.41) is 13.0. The van der Waals surface area contributed by atoms with Gasteiger partial charge in [-0.15, -0.1) is 11.3 Å². The number of carbonyl (C=O) groups is 1. The number of nitrogens with one attached hydrogen (secondary N) is 2. The fraction of sp³-hybridized carbons (Fsp3) is 0.500. The molecule has 0 aromatic carbocycles. The first-order chi connectivity index (χ1) is 10.2. The number of likely N-dealkylation sites (tertiary alicyclic amines) is 1. The van der Waals surface area contributed by atoms with E-state index in [-0.39, 0.29) is 5.91 Å². The first-order valence-electron chi connectivity index (χ1n) is 7.16. The van der Waals surface area contributed by atoms with E-state index in [4.69, 9.17) is 0 Å². The number of hydrogen-bond donors (Lipinski definition) is 2. The Bertz CT molecular complexity index is 586. The van der Waals surface area contributed by atoms with Gasteiger partial charge in [0.1, 0.15) is 0 Å². The zero-order valence-corrected chi connectivity index (χ0v) is 12.8. The predicted molar refractivity (Wildman–Crippen MR) is 82.6 cm³/mol. The van der Waals surface area contributed by atoms with Crippen molar-refractivity contribution in [3.8, 4) is 0 Å². The SMILES string of the molecule is Cc1csc(NCC2CCN(C(=O)c3cn[nH]c3)CC2)n1. The van der Waals surface area contributed by atoms with Gasteiger partial charge in [-0.3, -0.25) is 9.89 Å². The summed E-state index contributed by atoms with van der Waals surface area (Å²) in [4.78, 5) is 18.5. The number of rotatable bonds is 4. The van der Waals surface area contributed by atoms with Crippen molar-refractivity contribution in [2.45, 2.75) is 19.8 Å². The van der Waals surface area contributed by atoms with Crippen molar-refractivity contribution in [1.29, 1.82) is 0 Å². The lowest BCUT2D eigenvalue weighted by atomic mass is 9.96. The lowest BCUT2D eigenvalue weighted by molar-refractivity contribution is 0.0695. The Morgan fingerprint density at radius 3 is 2.95 bits per heavy atom. The van der Waals surface area contributed by atoms with Gasteiger partial charge in [-0.2, -0.15) is 5.10 Å². The Morgan fingerprint density at radius 2 is 2.33 bits per heavy atom. The highest BCUT2D eigenvalue weighted by atomic mass is 32.1. The molecule has 6 nitrogen and oxygen atoms in total. The van der Waals surface area contributed by atoms with E-state index in [0.717, 1.165) is 43.3 Å². The summed E-state index contributed by atoms with van der Waals surface area (Å²) < 4.78 is 0. The van der Waals surface area contributed by atoms with Gasteiger partial charge in [-0.05, 0) is 25.7 Å². The van der Waals surface area contributed by atoms with E-state index in [1.54, 1.807) is 23.7 Å². The van der Waals surface area contributed by atoms with Crippen LogP contribution in [0.2, 0.25) is 0 Å². The number of anilines is 1. The molecule has 1 aliphatic rings. The molecule has 7 heteroatoms. The van der Waals surface area contributed by atoms with Gasteiger partial charge in [-0.25, -0.2) is 4.98 Å². The Balaban J connectivity index is 1.45. The second-order valence-corrected chi connectivity index (χ2v) is 6.26. The average molecular weight is 305 g/mol. The lowest BCUT2D eigenvalue weighted by Crippen LogP contribution is -2.39. The molecule has 0 saturated carbocycles.